The number of aliphatic hydroxyl groups is 2. The van der Waals surface area contributed by atoms with Crippen molar-refractivity contribution in [3.8, 4) is 0 Å². The second kappa shape index (κ2) is 1.94. The van der Waals surface area contributed by atoms with E-state index in [1.807, 2.05) is 0 Å². The first-order valence-corrected chi connectivity index (χ1v) is 3.72. The van der Waals surface area contributed by atoms with Gasteiger partial charge in [0.1, 0.15) is 6.10 Å². The molecular weight excluding hydrogens is 132 g/mol. The van der Waals surface area contributed by atoms with Crippen molar-refractivity contribution in [1.29, 1.82) is 0 Å². The van der Waals surface area contributed by atoms with Crippen molar-refractivity contribution in [1.82, 2.24) is 0 Å². The number of rotatable bonds is 1. The van der Waals surface area contributed by atoms with Crippen LogP contribution in [-0.4, -0.2) is 34.6 Å². The predicted octanol–water partition coefficient (Wildman–Crippen LogP) is -0.339. The highest BCUT2D eigenvalue weighted by atomic mass is 16.5. The molecule has 0 unspecified atom stereocenters. The topological polar surface area (TPSA) is 49.7 Å². The third-order valence-electron chi connectivity index (χ3n) is 2.40. The smallest absolute Gasteiger partial charge is 0.107 e. The minimum atomic E-state index is -0.438. The Morgan fingerprint density at radius 2 is 2.20 bits per heavy atom. The predicted molar refractivity (Wildman–Crippen MR) is 34.5 cm³/mol. The van der Waals surface area contributed by atoms with Crippen LogP contribution < -0.4 is 0 Å². The van der Waals surface area contributed by atoms with Crippen LogP contribution in [0.4, 0.5) is 0 Å². The van der Waals surface area contributed by atoms with Gasteiger partial charge in [-0.1, -0.05) is 0 Å². The summed E-state index contributed by atoms with van der Waals surface area (Å²) in [7, 11) is 0. The van der Waals surface area contributed by atoms with Crippen LogP contribution in [0.3, 0.4) is 0 Å². The molecule has 2 aliphatic rings. The van der Waals surface area contributed by atoms with Gasteiger partial charge in [-0.15, -0.1) is 0 Å². The van der Waals surface area contributed by atoms with Crippen molar-refractivity contribution in [3.05, 3.63) is 0 Å². The van der Waals surface area contributed by atoms with Gasteiger partial charge in [-0.2, -0.15) is 0 Å². The fraction of sp³-hybridized carbons (Fsp3) is 1.00. The summed E-state index contributed by atoms with van der Waals surface area (Å²) in [5, 5.41) is 18.0. The van der Waals surface area contributed by atoms with E-state index < -0.39 is 6.10 Å². The van der Waals surface area contributed by atoms with Crippen LogP contribution in [0.25, 0.3) is 0 Å². The Labute approximate surface area is 59.6 Å². The zero-order chi connectivity index (χ0) is 7.19. The lowest BCUT2D eigenvalue weighted by Gasteiger charge is -2.09. The molecule has 0 aromatic carbocycles. The first-order chi connectivity index (χ1) is 4.76. The molecule has 1 saturated heterocycles. The van der Waals surface area contributed by atoms with Gasteiger partial charge in [0.15, 0.2) is 0 Å². The maximum Gasteiger partial charge on any atom is 0.107 e. The molecule has 1 heterocycles. The molecule has 0 aromatic rings. The van der Waals surface area contributed by atoms with Crippen LogP contribution in [0.5, 0.6) is 0 Å². The zero-order valence-electron chi connectivity index (χ0n) is 5.79. The number of hydrogen-bond donors (Lipinski definition) is 2. The Balaban J connectivity index is 2.00. The number of ether oxygens (including phenoxy) is 1. The average Bonchev–Trinajstić information content (AvgIpc) is 2.55. The summed E-state index contributed by atoms with van der Waals surface area (Å²) >= 11 is 0. The summed E-state index contributed by atoms with van der Waals surface area (Å²) in [4.78, 5) is 0. The summed E-state index contributed by atoms with van der Waals surface area (Å²) in [5.41, 5.74) is -0.0210. The second-order valence-electron chi connectivity index (χ2n) is 3.29. The van der Waals surface area contributed by atoms with Crippen molar-refractivity contribution in [2.75, 3.05) is 6.61 Å². The second-order valence-corrected chi connectivity index (χ2v) is 3.29. The molecule has 2 N–H and O–H groups in total. The molecule has 2 rings (SSSR count). The molecule has 0 bridgehead atoms. The van der Waals surface area contributed by atoms with E-state index in [0.717, 1.165) is 19.3 Å². The third-order valence-corrected chi connectivity index (χ3v) is 2.40. The van der Waals surface area contributed by atoms with Crippen molar-refractivity contribution < 1.29 is 14.9 Å². The molecule has 0 aromatic heterocycles. The van der Waals surface area contributed by atoms with E-state index >= 15 is 0 Å². The van der Waals surface area contributed by atoms with E-state index in [9.17, 15) is 5.11 Å². The van der Waals surface area contributed by atoms with E-state index in [-0.39, 0.29) is 18.3 Å². The van der Waals surface area contributed by atoms with E-state index in [2.05, 4.69) is 0 Å². The van der Waals surface area contributed by atoms with Crippen LogP contribution in [0.1, 0.15) is 19.3 Å². The monoisotopic (exact) mass is 144 g/mol. The molecular formula is C7H12O3. The van der Waals surface area contributed by atoms with Crippen molar-refractivity contribution >= 4 is 0 Å². The van der Waals surface area contributed by atoms with Gasteiger partial charge in [0.25, 0.3) is 0 Å². The van der Waals surface area contributed by atoms with Gasteiger partial charge in [-0.3, -0.25) is 0 Å². The molecule has 2 fully saturated rings. The highest BCUT2D eigenvalue weighted by Crippen LogP contribution is 2.49. The Kier molecular flexibility index (Phi) is 1.27. The van der Waals surface area contributed by atoms with Crippen LogP contribution in [-0.2, 0) is 4.74 Å². The van der Waals surface area contributed by atoms with Gasteiger partial charge in [0, 0.05) is 6.42 Å². The lowest BCUT2D eigenvalue weighted by molar-refractivity contribution is -0.0307. The molecule has 1 aliphatic heterocycles. The van der Waals surface area contributed by atoms with E-state index in [4.69, 9.17) is 9.84 Å². The molecule has 10 heavy (non-hydrogen) atoms. The fourth-order valence-electron chi connectivity index (χ4n) is 1.58. The summed E-state index contributed by atoms with van der Waals surface area (Å²) in [5.74, 6) is 0. The summed E-state index contributed by atoms with van der Waals surface area (Å²) in [6, 6.07) is 0. The largest absolute Gasteiger partial charge is 0.394 e. The first-order valence-electron chi connectivity index (χ1n) is 3.72. The fourth-order valence-corrected chi connectivity index (χ4v) is 1.58. The average molecular weight is 144 g/mol. The van der Waals surface area contributed by atoms with Gasteiger partial charge in [0.2, 0.25) is 0 Å². The molecule has 1 saturated carbocycles. The highest BCUT2D eigenvalue weighted by molar-refractivity contribution is 5.04. The molecule has 1 aliphatic carbocycles. The Morgan fingerprint density at radius 1 is 1.50 bits per heavy atom. The zero-order valence-corrected chi connectivity index (χ0v) is 5.79. The van der Waals surface area contributed by atoms with Crippen molar-refractivity contribution in [2.45, 2.75) is 37.1 Å². The molecule has 58 valence electrons. The van der Waals surface area contributed by atoms with Gasteiger partial charge < -0.3 is 14.9 Å². The molecule has 0 amide bonds. The molecule has 0 radical (unpaired) electrons. The van der Waals surface area contributed by atoms with E-state index in [1.54, 1.807) is 0 Å². The normalized spacial score (nSPS) is 42.6. The first kappa shape index (κ1) is 6.58. The molecule has 3 heteroatoms. The maximum atomic E-state index is 9.28. The van der Waals surface area contributed by atoms with Crippen LogP contribution in [0.2, 0.25) is 0 Å². The molecule has 3 nitrogen and oxygen atoms in total. The van der Waals surface area contributed by atoms with E-state index in [1.165, 1.54) is 0 Å². The van der Waals surface area contributed by atoms with Crippen LogP contribution >= 0.6 is 0 Å². The van der Waals surface area contributed by atoms with Gasteiger partial charge in [-0.05, 0) is 12.8 Å². The minimum absolute atomic E-state index is 0.0210. The maximum absolute atomic E-state index is 9.28. The SMILES string of the molecule is OC[C@H]1OC2(CC2)C[C@@H]1O. The van der Waals surface area contributed by atoms with Crippen LogP contribution in [0, 0.1) is 0 Å². The lowest BCUT2D eigenvalue weighted by Crippen LogP contribution is -2.24. The van der Waals surface area contributed by atoms with E-state index in [0.29, 0.717) is 0 Å². The lowest BCUT2D eigenvalue weighted by atomic mass is 10.1. The summed E-state index contributed by atoms with van der Waals surface area (Å²) in [6.07, 6.45) is 2.08. The number of hydrogen-bond acceptors (Lipinski definition) is 3. The minimum Gasteiger partial charge on any atom is -0.394 e. The quantitative estimate of drug-likeness (QED) is 0.529. The highest BCUT2D eigenvalue weighted by Gasteiger charge is 2.53. The molecule has 2 atom stereocenters. The van der Waals surface area contributed by atoms with Crippen molar-refractivity contribution in [3.63, 3.8) is 0 Å². The third kappa shape index (κ3) is 0.856. The van der Waals surface area contributed by atoms with Crippen LogP contribution in [0.15, 0.2) is 0 Å². The van der Waals surface area contributed by atoms with Gasteiger partial charge >= 0.3 is 0 Å². The Morgan fingerprint density at radius 3 is 2.50 bits per heavy atom. The van der Waals surface area contributed by atoms with Gasteiger partial charge in [-0.25, -0.2) is 0 Å². The Hall–Kier alpha value is -0.120. The summed E-state index contributed by atoms with van der Waals surface area (Å²) < 4.78 is 5.42. The van der Waals surface area contributed by atoms with Gasteiger partial charge in [0.05, 0.1) is 18.3 Å². The molecule has 1 spiro atoms. The summed E-state index contributed by atoms with van der Waals surface area (Å²) in [6.45, 7) is -0.0527. The number of aliphatic hydroxyl groups excluding tert-OH is 2. The Bertz CT molecular complexity index is 142. The van der Waals surface area contributed by atoms with Crippen molar-refractivity contribution in [2.24, 2.45) is 0 Å². The standard InChI is InChI=1S/C7H12O3/c8-4-6-5(9)3-7(10-6)1-2-7/h5-6,8-9H,1-4H2/t5-,6+/m0/s1.